The van der Waals surface area contributed by atoms with Gasteiger partial charge >= 0.3 is 6.03 Å². The Morgan fingerprint density at radius 2 is 1.61 bits per heavy atom. The van der Waals surface area contributed by atoms with Crippen LogP contribution in [0.15, 0.2) is 30.3 Å². The highest BCUT2D eigenvalue weighted by atomic mass is 16.2. The highest BCUT2D eigenvalue weighted by Gasteiger charge is 2.42. The molecule has 0 spiro atoms. The number of anilines is 1. The lowest BCUT2D eigenvalue weighted by atomic mass is 10.0. The van der Waals surface area contributed by atoms with Crippen molar-refractivity contribution in [3.05, 3.63) is 30.3 Å². The van der Waals surface area contributed by atoms with E-state index in [1.807, 2.05) is 59.1 Å². The molecule has 1 aromatic rings. The summed E-state index contributed by atoms with van der Waals surface area (Å²) in [5.41, 5.74) is 0.817. The molecule has 0 saturated carbocycles. The molecule has 3 amide bonds. The molecule has 0 bridgehead atoms. The van der Waals surface area contributed by atoms with Gasteiger partial charge in [-0.1, -0.05) is 18.2 Å². The molecule has 2 heterocycles. The fourth-order valence-corrected chi connectivity index (χ4v) is 3.46. The van der Waals surface area contributed by atoms with Crippen LogP contribution in [-0.2, 0) is 4.79 Å². The van der Waals surface area contributed by atoms with Crippen molar-refractivity contribution in [3.63, 3.8) is 0 Å². The van der Waals surface area contributed by atoms with E-state index < -0.39 is 0 Å². The Morgan fingerprint density at radius 3 is 2.17 bits per heavy atom. The van der Waals surface area contributed by atoms with Crippen LogP contribution in [0.2, 0.25) is 0 Å². The van der Waals surface area contributed by atoms with Crippen LogP contribution in [0.4, 0.5) is 10.5 Å². The molecule has 0 unspecified atom stereocenters. The maximum absolute atomic E-state index is 12.3. The Balaban J connectivity index is 1.51. The molecule has 6 heteroatoms. The molecule has 0 aromatic heterocycles. The predicted octanol–water partition coefficient (Wildman–Crippen LogP) is 1.17. The summed E-state index contributed by atoms with van der Waals surface area (Å²) in [6, 6.07) is 9.46. The molecule has 3 rings (SSSR count). The number of para-hydroxylation sites is 1. The molecule has 23 heavy (non-hydrogen) atoms. The Bertz CT molecular complexity index is 561. The van der Waals surface area contributed by atoms with Crippen LogP contribution in [0.1, 0.15) is 0 Å². The third-order valence-corrected chi connectivity index (χ3v) is 4.60. The monoisotopic (exact) mass is 316 g/mol. The van der Waals surface area contributed by atoms with Crippen LogP contribution in [-0.4, -0.2) is 73.5 Å². The maximum atomic E-state index is 12.3. The van der Waals surface area contributed by atoms with E-state index in [2.05, 4.69) is 5.32 Å². The number of fused-ring (bicyclic) bond motifs is 1. The lowest BCUT2D eigenvalue weighted by Crippen LogP contribution is -2.40. The van der Waals surface area contributed by atoms with E-state index in [0.29, 0.717) is 18.4 Å². The molecule has 6 nitrogen and oxygen atoms in total. The third kappa shape index (κ3) is 3.64. The minimum absolute atomic E-state index is 0.0447. The maximum Gasteiger partial charge on any atom is 0.321 e. The smallest absolute Gasteiger partial charge is 0.321 e. The predicted molar refractivity (Wildman–Crippen MR) is 89.1 cm³/mol. The van der Waals surface area contributed by atoms with Crippen LogP contribution in [0.3, 0.4) is 0 Å². The van der Waals surface area contributed by atoms with Gasteiger partial charge in [-0.3, -0.25) is 4.79 Å². The molecular formula is C17H24N4O2. The number of amides is 3. The second kappa shape index (κ2) is 6.58. The highest BCUT2D eigenvalue weighted by Crippen LogP contribution is 2.31. The van der Waals surface area contributed by atoms with Crippen molar-refractivity contribution in [1.29, 1.82) is 0 Å². The van der Waals surface area contributed by atoms with Gasteiger partial charge in [0.1, 0.15) is 0 Å². The summed E-state index contributed by atoms with van der Waals surface area (Å²) in [6.07, 6.45) is 0. The molecule has 1 aromatic carbocycles. The number of benzene rings is 1. The van der Waals surface area contributed by atoms with Gasteiger partial charge in [0.05, 0.1) is 6.54 Å². The van der Waals surface area contributed by atoms with Crippen LogP contribution in [0, 0.1) is 11.8 Å². The summed E-state index contributed by atoms with van der Waals surface area (Å²) in [6.45, 7) is 3.46. The lowest BCUT2D eigenvalue weighted by molar-refractivity contribution is -0.131. The number of hydrogen-bond donors (Lipinski definition) is 1. The second-order valence-electron chi connectivity index (χ2n) is 6.76. The number of likely N-dealkylation sites (tertiary alicyclic amines) is 2. The molecule has 2 aliphatic rings. The number of urea groups is 1. The van der Waals surface area contributed by atoms with Gasteiger partial charge in [-0.15, -0.1) is 0 Å². The average molecular weight is 316 g/mol. The number of rotatable bonds is 3. The third-order valence-electron chi connectivity index (χ3n) is 4.60. The average Bonchev–Trinajstić information content (AvgIpc) is 3.06. The number of carbonyl (C=O) groups excluding carboxylic acids is 2. The summed E-state index contributed by atoms with van der Waals surface area (Å²) in [5.74, 6) is 0.995. The van der Waals surface area contributed by atoms with E-state index in [1.165, 1.54) is 0 Å². The molecule has 2 saturated heterocycles. The quantitative estimate of drug-likeness (QED) is 0.911. The molecule has 0 radical (unpaired) electrons. The van der Waals surface area contributed by atoms with E-state index in [1.54, 1.807) is 0 Å². The Morgan fingerprint density at radius 1 is 1.04 bits per heavy atom. The van der Waals surface area contributed by atoms with Gasteiger partial charge in [-0.25, -0.2) is 4.79 Å². The first-order valence-electron chi connectivity index (χ1n) is 8.06. The molecule has 2 aliphatic heterocycles. The summed E-state index contributed by atoms with van der Waals surface area (Å²) in [5, 5.41) is 2.93. The molecule has 0 aliphatic carbocycles. The van der Waals surface area contributed by atoms with Crippen LogP contribution >= 0.6 is 0 Å². The summed E-state index contributed by atoms with van der Waals surface area (Å²) >= 11 is 0. The van der Waals surface area contributed by atoms with Gasteiger partial charge in [0.25, 0.3) is 0 Å². The van der Waals surface area contributed by atoms with Gasteiger partial charge in [0, 0.05) is 43.7 Å². The van der Waals surface area contributed by atoms with Gasteiger partial charge in [0.2, 0.25) is 5.91 Å². The Kier molecular flexibility index (Phi) is 4.52. The normalized spacial score (nSPS) is 23.3. The van der Waals surface area contributed by atoms with Crippen molar-refractivity contribution in [2.75, 3.05) is 52.1 Å². The molecule has 2 atom stereocenters. The number of hydrogen-bond acceptors (Lipinski definition) is 3. The van der Waals surface area contributed by atoms with Gasteiger partial charge in [-0.2, -0.15) is 0 Å². The van der Waals surface area contributed by atoms with E-state index in [4.69, 9.17) is 0 Å². The number of likely N-dealkylation sites (N-methyl/N-ethyl adjacent to an activating group) is 1. The number of carbonyl (C=O) groups is 2. The minimum atomic E-state index is -0.0447. The van der Waals surface area contributed by atoms with E-state index in [-0.39, 0.29) is 11.9 Å². The van der Waals surface area contributed by atoms with Crippen LogP contribution < -0.4 is 5.32 Å². The number of nitrogens with one attached hydrogen (secondary N) is 1. The van der Waals surface area contributed by atoms with Gasteiger partial charge < -0.3 is 20.0 Å². The lowest BCUT2D eigenvalue weighted by Gasteiger charge is -2.23. The fourth-order valence-electron chi connectivity index (χ4n) is 3.46. The van der Waals surface area contributed by atoms with Gasteiger partial charge in [0.15, 0.2) is 0 Å². The topological polar surface area (TPSA) is 55.9 Å². The van der Waals surface area contributed by atoms with Crippen LogP contribution in [0.5, 0.6) is 0 Å². The number of nitrogens with zero attached hydrogens (tertiary/aromatic N) is 3. The molecular weight excluding hydrogens is 292 g/mol. The molecule has 2 fully saturated rings. The van der Waals surface area contributed by atoms with E-state index >= 15 is 0 Å². The minimum Gasteiger partial charge on any atom is -0.341 e. The highest BCUT2D eigenvalue weighted by molar-refractivity contribution is 5.89. The van der Waals surface area contributed by atoms with Gasteiger partial charge in [-0.05, 0) is 26.2 Å². The first-order chi connectivity index (χ1) is 11.0. The fraction of sp³-hybridized carbons (Fsp3) is 0.529. The van der Waals surface area contributed by atoms with E-state index in [0.717, 1.165) is 31.9 Å². The second-order valence-corrected chi connectivity index (χ2v) is 6.76. The Labute approximate surface area is 137 Å². The van der Waals surface area contributed by atoms with E-state index in [9.17, 15) is 9.59 Å². The van der Waals surface area contributed by atoms with Crippen LogP contribution in [0.25, 0.3) is 0 Å². The molecule has 1 N–H and O–H groups in total. The summed E-state index contributed by atoms with van der Waals surface area (Å²) < 4.78 is 0. The molecule has 124 valence electrons. The van der Waals surface area contributed by atoms with Crippen molar-refractivity contribution >= 4 is 17.6 Å². The van der Waals surface area contributed by atoms with Crippen molar-refractivity contribution in [2.24, 2.45) is 11.8 Å². The zero-order valence-electron chi connectivity index (χ0n) is 13.7. The standard InChI is InChI=1S/C17H24N4O2/c1-19(2)12-16(22)20-8-13-10-21(11-14(13)9-20)17(23)18-15-6-4-3-5-7-15/h3-7,13-14H,8-12H2,1-2H3,(H,18,23)/t13-,14-/m1/s1. The zero-order valence-corrected chi connectivity index (χ0v) is 13.7. The SMILES string of the molecule is CN(C)CC(=O)N1C[C@@H]2CN(C(=O)Nc3ccccc3)C[C@H]2C1. The Hall–Kier alpha value is -2.08. The largest absolute Gasteiger partial charge is 0.341 e. The van der Waals surface area contributed by atoms with Crippen molar-refractivity contribution in [3.8, 4) is 0 Å². The first kappa shape index (κ1) is 15.8. The summed E-state index contributed by atoms with van der Waals surface area (Å²) in [7, 11) is 3.81. The first-order valence-corrected chi connectivity index (χ1v) is 8.06. The van der Waals surface area contributed by atoms with Crippen molar-refractivity contribution in [1.82, 2.24) is 14.7 Å². The van der Waals surface area contributed by atoms with Crippen molar-refractivity contribution in [2.45, 2.75) is 0 Å². The van der Waals surface area contributed by atoms with Crippen molar-refractivity contribution < 1.29 is 9.59 Å². The zero-order chi connectivity index (χ0) is 16.4. The summed E-state index contributed by atoms with van der Waals surface area (Å²) in [4.78, 5) is 30.2.